The zero-order valence-corrected chi connectivity index (χ0v) is 12.0. The summed E-state index contributed by atoms with van der Waals surface area (Å²) < 4.78 is 1.18. The lowest BCUT2D eigenvalue weighted by Crippen LogP contribution is -2.13. The van der Waals surface area contributed by atoms with Crippen molar-refractivity contribution in [1.82, 2.24) is 0 Å². The molecule has 1 aromatic rings. The highest BCUT2D eigenvalue weighted by atomic mass is 127. The Bertz CT molecular complexity index is 339. The van der Waals surface area contributed by atoms with Gasteiger partial charge < -0.3 is 5.32 Å². The molecule has 1 nitrogen and oxygen atoms in total. The van der Waals surface area contributed by atoms with E-state index in [9.17, 15) is 0 Å². The summed E-state index contributed by atoms with van der Waals surface area (Å²) in [5.74, 6) is 3.41. The van der Waals surface area contributed by atoms with Crippen molar-refractivity contribution in [1.29, 1.82) is 0 Å². The lowest BCUT2D eigenvalue weighted by molar-refractivity contribution is 0.632. The third-order valence-electron chi connectivity index (χ3n) is 2.54. The molecule has 0 spiro atoms. The Morgan fingerprint density at radius 2 is 2.40 bits per heavy atom. The summed E-state index contributed by atoms with van der Waals surface area (Å²) in [5, 5.41) is 4.26. The monoisotopic (exact) mass is 353 g/mol. The van der Waals surface area contributed by atoms with E-state index in [-0.39, 0.29) is 0 Å². The third-order valence-corrected chi connectivity index (χ3v) is 4.75. The molecule has 15 heavy (non-hydrogen) atoms. The van der Waals surface area contributed by atoms with Gasteiger partial charge in [0.15, 0.2) is 0 Å². The number of benzene rings is 1. The quantitative estimate of drug-likeness (QED) is 0.821. The van der Waals surface area contributed by atoms with E-state index in [1.807, 2.05) is 17.8 Å². The zero-order chi connectivity index (χ0) is 10.7. The molecule has 82 valence electrons. The summed E-state index contributed by atoms with van der Waals surface area (Å²) in [5.41, 5.74) is 1.06. The van der Waals surface area contributed by atoms with Crippen molar-refractivity contribution in [3.63, 3.8) is 0 Å². The minimum Gasteiger partial charge on any atom is -0.384 e. The number of rotatable bonds is 3. The van der Waals surface area contributed by atoms with Crippen LogP contribution in [0.15, 0.2) is 18.2 Å². The second-order valence-electron chi connectivity index (χ2n) is 3.73. The summed E-state index contributed by atoms with van der Waals surface area (Å²) in [6, 6.07) is 6.14. The summed E-state index contributed by atoms with van der Waals surface area (Å²) in [4.78, 5) is 0. The average Bonchev–Trinajstić information content (AvgIpc) is 2.69. The van der Waals surface area contributed by atoms with Gasteiger partial charge in [-0.3, -0.25) is 0 Å². The first-order valence-electron chi connectivity index (χ1n) is 5.02. The maximum atomic E-state index is 6.14. The number of anilines is 1. The third kappa shape index (κ3) is 3.43. The summed E-state index contributed by atoms with van der Waals surface area (Å²) in [6.07, 6.45) is 1.33. The van der Waals surface area contributed by atoms with Crippen molar-refractivity contribution >= 4 is 51.6 Å². The molecule has 2 rings (SSSR count). The standard InChI is InChI=1S/C11H13ClINS/c12-10-5-9(13)1-2-11(10)14-6-8-3-4-15-7-8/h1-2,5,8,14H,3-4,6-7H2. The van der Waals surface area contributed by atoms with Crippen molar-refractivity contribution in [2.24, 2.45) is 5.92 Å². The lowest BCUT2D eigenvalue weighted by Gasteiger charge is -2.12. The largest absolute Gasteiger partial charge is 0.384 e. The summed E-state index contributed by atoms with van der Waals surface area (Å²) in [6.45, 7) is 1.05. The molecule has 1 N–H and O–H groups in total. The Kier molecular flexibility index (Phi) is 4.46. The highest BCUT2D eigenvalue weighted by molar-refractivity contribution is 14.1. The van der Waals surface area contributed by atoms with Crippen LogP contribution in [0.1, 0.15) is 6.42 Å². The number of nitrogens with one attached hydrogen (secondary N) is 1. The smallest absolute Gasteiger partial charge is 0.0648 e. The van der Waals surface area contributed by atoms with E-state index < -0.39 is 0 Å². The van der Waals surface area contributed by atoms with Crippen LogP contribution >= 0.6 is 46.0 Å². The normalized spacial score (nSPS) is 20.5. The van der Waals surface area contributed by atoms with E-state index in [2.05, 4.69) is 40.0 Å². The SMILES string of the molecule is Clc1cc(I)ccc1NCC1CCSC1. The first-order chi connectivity index (χ1) is 7.25. The number of halogens is 2. The van der Waals surface area contributed by atoms with Gasteiger partial charge in [0, 0.05) is 10.1 Å². The molecule has 1 heterocycles. The average molecular weight is 354 g/mol. The number of thioether (sulfide) groups is 1. The predicted octanol–water partition coefficient (Wildman–Crippen LogP) is 4.11. The number of hydrogen-bond donors (Lipinski definition) is 1. The predicted molar refractivity (Wildman–Crippen MR) is 78.1 cm³/mol. The highest BCUT2D eigenvalue weighted by Gasteiger charge is 2.15. The topological polar surface area (TPSA) is 12.0 Å². The van der Waals surface area contributed by atoms with Crippen LogP contribution in [0.4, 0.5) is 5.69 Å². The first kappa shape index (κ1) is 11.9. The summed E-state index contributed by atoms with van der Waals surface area (Å²) in [7, 11) is 0. The minimum atomic E-state index is 0.811. The molecule has 1 fully saturated rings. The molecular formula is C11H13ClINS. The van der Waals surface area contributed by atoms with Crippen LogP contribution in [0.2, 0.25) is 5.02 Å². The molecule has 1 saturated heterocycles. The molecule has 0 saturated carbocycles. The first-order valence-corrected chi connectivity index (χ1v) is 7.63. The Morgan fingerprint density at radius 1 is 1.53 bits per heavy atom. The maximum Gasteiger partial charge on any atom is 0.0648 e. The molecule has 0 aromatic heterocycles. The zero-order valence-electron chi connectivity index (χ0n) is 8.30. The fourth-order valence-electron chi connectivity index (χ4n) is 1.63. The van der Waals surface area contributed by atoms with Gasteiger partial charge in [0.1, 0.15) is 0 Å². The second-order valence-corrected chi connectivity index (χ2v) is 6.54. The molecule has 1 aliphatic rings. The molecule has 1 atom stereocenters. The van der Waals surface area contributed by atoms with Crippen LogP contribution in [0, 0.1) is 9.49 Å². The van der Waals surface area contributed by atoms with Crippen LogP contribution in [0.3, 0.4) is 0 Å². The van der Waals surface area contributed by atoms with Gasteiger partial charge in [-0.2, -0.15) is 11.8 Å². The molecule has 0 bridgehead atoms. The van der Waals surface area contributed by atoms with Crippen LogP contribution in [-0.4, -0.2) is 18.1 Å². The molecule has 0 aliphatic carbocycles. The highest BCUT2D eigenvalue weighted by Crippen LogP contribution is 2.27. The molecule has 1 aromatic carbocycles. The lowest BCUT2D eigenvalue weighted by atomic mass is 10.1. The second kappa shape index (κ2) is 5.64. The van der Waals surface area contributed by atoms with Gasteiger partial charge in [-0.15, -0.1) is 0 Å². The molecule has 0 amide bonds. The van der Waals surface area contributed by atoms with Crippen LogP contribution in [-0.2, 0) is 0 Å². The Morgan fingerprint density at radius 3 is 3.07 bits per heavy atom. The Balaban J connectivity index is 1.92. The molecule has 0 radical (unpaired) electrons. The fraction of sp³-hybridized carbons (Fsp3) is 0.455. The van der Waals surface area contributed by atoms with E-state index in [0.29, 0.717) is 0 Å². The van der Waals surface area contributed by atoms with Crippen molar-refractivity contribution in [2.75, 3.05) is 23.4 Å². The van der Waals surface area contributed by atoms with E-state index in [1.165, 1.54) is 21.5 Å². The van der Waals surface area contributed by atoms with Gasteiger partial charge in [-0.25, -0.2) is 0 Å². The van der Waals surface area contributed by atoms with Crippen molar-refractivity contribution in [3.8, 4) is 0 Å². The van der Waals surface area contributed by atoms with Crippen LogP contribution < -0.4 is 5.32 Å². The van der Waals surface area contributed by atoms with Crippen LogP contribution in [0.5, 0.6) is 0 Å². The molecular weight excluding hydrogens is 341 g/mol. The Hall–Kier alpha value is 0.390. The van der Waals surface area contributed by atoms with Crippen molar-refractivity contribution in [2.45, 2.75) is 6.42 Å². The van der Waals surface area contributed by atoms with E-state index in [1.54, 1.807) is 0 Å². The molecule has 4 heteroatoms. The van der Waals surface area contributed by atoms with Gasteiger partial charge in [-0.05, 0) is 64.6 Å². The van der Waals surface area contributed by atoms with Gasteiger partial charge >= 0.3 is 0 Å². The molecule has 1 aliphatic heterocycles. The van der Waals surface area contributed by atoms with Crippen LogP contribution in [0.25, 0.3) is 0 Å². The van der Waals surface area contributed by atoms with E-state index >= 15 is 0 Å². The van der Waals surface area contributed by atoms with Gasteiger partial charge in [0.05, 0.1) is 10.7 Å². The van der Waals surface area contributed by atoms with Gasteiger partial charge in [0.2, 0.25) is 0 Å². The van der Waals surface area contributed by atoms with Gasteiger partial charge in [-0.1, -0.05) is 11.6 Å². The fourth-order valence-corrected chi connectivity index (χ4v) is 3.84. The van der Waals surface area contributed by atoms with Crippen molar-refractivity contribution in [3.05, 3.63) is 26.8 Å². The Labute approximate surface area is 113 Å². The van der Waals surface area contributed by atoms with Crippen molar-refractivity contribution < 1.29 is 0 Å². The minimum absolute atomic E-state index is 0.811. The maximum absolute atomic E-state index is 6.14. The van der Waals surface area contributed by atoms with Gasteiger partial charge in [0.25, 0.3) is 0 Å². The number of hydrogen-bond acceptors (Lipinski definition) is 2. The van der Waals surface area contributed by atoms with E-state index in [4.69, 9.17) is 11.6 Å². The summed E-state index contributed by atoms with van der Waals surface area (Å²) >= 11 is 10.5. The van der Waals surface area contributed by atoms with E-state index in [0.717, 1.165) is 23.2 Å². The molecule has 1 unspecified atom stereocenters.